The van der Waals surface area contributed by atoms with E-state index >= 15 is 0 Å². The average Bonchev–Trinajstić information content (AvgIpc) is 2.86. The van der Waals surface area contributed by atoms with Gasteiger partial charge in [0, 0.05) is 16.9 Å². The lowest BCUT2D eigenvalue weighted by atomic mass is 9.94. The predicted molar refractivity (Wildman–Crippen MR) is 67.0 cm³/mol. The van der Waals surface area contributed by atoms with E-state index in [9.17, 15) is 0 Å². The summed E-state index contributed by atoms with van der Waals surface area (Å²) in [5.74, 6) is 1.54. The van der Waals surface area contributed by atoms with Crippen LogP contribution in [0.3, 0.4) is 0 Å². The highest BCUT2D eigenvalue weighted by Crippen LogP contribution is 2.22. The third-order valence-electron chi connectivity index (χ3n) is 2.31. The minimum absolute atomic E-state index is 0.0192. The van der Waals surface area contributed by atoms with Crippen LogP contribution in [0.1, 0.15) is 38.1 Å². The molecule has 2 heterocycles. The van der Waals surface area contributed by atoms with E-state index in [0.717, 1.165) is 11.5 Å². The summed E-state index contributed by atoms with van der Waals surface area (Å²) in [6, 6.07) is 0. The Bertz CT molecular complexity index is 498. The molecule has 92 valence electrons. The van der Waals surface area contributed by atoms with Gasteiger partial charge in [0.05, 0.1) is 11.9 Å². The number of aromatic nitrogens is 4. The van der Waals surface area contributed by atoms with Crippen LogP contribution in [0.15, 0.2) is 16.8 Å². The van der Waals surface area contributed by atoms with Crippen molar-refractivity contribution in [2.45, 2.75) is 38.1 Å². The van der Waals surface area contributed by atoms with Gasteiger partial charge in [0.25, 0.3) is 0 Å². The molecule has 5 nitrogen and oxygen atoms in total. The molecule has 2 aromatic heterocycles. The Morgan fingerprint density at radius 1 is 1.41 bits per heavy atom. The van der Waals surface area contributed by atoms with Gasteiger partial charge in [-0.2, -0.15) is 0 Å². The molecule has 0 aromatic carbocycles. The van der Waals surface area contributed by atoms with Crippen molar-refractivity contribution < 1.29 is 4.42 Å². The Morgan fingerprint density at radius 2 is 2.18 bits per heavy atom. The zero-order valence-corrected chi connectivity index (χ0v) is 11.7. The van der Waals surface area contributed by atoms with Crippen molar-refractivity contribution in [1.82, 2.24) is 20.0 Å². The van der Waals surface area contributed by atoms with Crippen molar-refractivity contribution in [2.24, 2.45) is 0 Å². The van der Waals surface area contributed by atoms with Crippen molar-refractivity contribution in [2.75, 3.05) is 0 Å². The molecule has 6 heteroatoms. The van der Waals surface area contributed by atoms with E-state index in [1.54, 1.807) is 10.9 Å². The molecule has 0 amide bonds. The maximum Gasteiger partial charge on any atom is 0.216 e. The van der Waals surface area contributed by atoms with Crippen LogP contribution in [0.4, 0.5) is 0 Å². The second-order valence-electron chi connectivity index (χ2n) is 4.91. The summed E-state index contributed by atoms with van der Waals surface area (Å²) in [4.78, 5) is 4.25. The van der Waals surface area contributed by atoms with Crippen LogP contribution >= 0.6 is 15.9 Å². The van der Waals surface area contributed by atoms with E-state index in [1.807, 2.05) is 6.20 Å². The normalized spacial score (nSPS) is 12.0. The second kappa shape index (κ2) is 4.60. The largest absolute Gasteiger partial charge is 0.443 e. The number of oxazole rings is 1. The van der Waals surface area contributed by atoms with Crippen molar-refractivity contribution >= 4 is 15.9 Å². The molecule has 0 aliphatic carbocycles. The van der Waals surface area contributed by atoms with Gasteiger partial charge in [0.2, 0.25) is 5.89 Å². The van der Waals surface area contributed by atoms with Crippen molar-refractivity contribution in [3.8, 4) is 0 Å². The molecular formula is C11H15BrN4O. The highest BCUT2D eigenvalue weighted by molar-refractivity contribution is 9.08. The van der Waals surface area contributed by atoms with E-state index in [4.69, 9.17) is 4.42 Å². The van der Waals surface area contributed by atoms with Gasteiger partial charge in [-0.25, -0.2) is 9.67 Å². The van der Waals surface area contributed by atoms with E-state index in [2.05, 4.69) is 52.0 Å². The zero-order valence-electron chi connectivity index (χ0n) is 10.1. The molecular weight excluding hydrogens is 284 g/mol. The van der Waals surface area contributed by atoms with Gasteiger partial charge in [-0.1, -0.05) is 41.9 Å². The molecule has 0 spiro atoms. The quantitative estimate of drug-likeness (QED) is 0.817. The summed E-state index contributed by atoms with van der Waals surface area (Å²) in [5, 5.41) is 8.67. The number of alkyl halides is 1. The van der Waals surface area contributed by atoms with Gasteiger partial charge in [0.1, 0.15) is 12.3 Å². The maximum atomic E-state index is 5.68. The van der Waals surface area contributed by atoms with Crippen LogP contribution in [-0.4, -0.2) is 20.0 Å². The molecule has 0 saturated carbocycles. The number of hydrogen-bond acceptors (Lipinski definition) is 4. The molecule has 0 bridgehead atoms. The maximum absolute atomic E-state index is 5.68. The van der Waals surface area contributed by atoms with E-state index in [0.29, 0.717) is 17.8 Å². The van der Waals surface area contributed by atoms with E-state index in [1.165, 1.54) is 0 Å². The van der Waals surface area contributed by atoms with Gasteiger partial charge in [-0.15, -0.1) is 5.10 Å². The standard InChI is InChI=1S/C11H15BrN4O/c1-11(2,3)9-5-13-10(17-9)7-16-6-8(4-12)14-15-16/h5-6H,4,7H2,1-3H3. The average molecular weight is 299 g/mol. The predicted octanol–water partition coefficient (Wildman–Crippen LogP) is 2.51. The molecule has 0 fully saturated rings. The zero-order chi connectivity index (χ0) is 12.5. The monoisotopic (exact) mass is 298 g/mol. The van der Waals surface area contributed by atoms with Crippen molar-refractivity contribution in [3.63, 3.8) is 0 Å². The summed E-state index contributed by atoms with van der Waals surface area (Å²) in [6.07, 6.45) is 3.65. The van der Waals surface area contributed by atoms with E-state index < -0.39 is 0 Å². The molecule has 0 saturated heterocycles. The molecule has 0 radical (unpaired) electrons. The molecule has 0 aliphatic rings. The van der Waals surface area contributed by atoms with Gasteiger partial charge < -0.3 is 4.42 Å². The van der Waals surface area contributed by atoms with Crippen molar-refractivity contribution in [3.05, 3.63) is 29.7 Å². The van der Waals surface area contributed by atoms with Crippen LogP contribution < -0.4 is 0 Å². The van der Waals surface area contributed by atoms with Crippen LogP contribution in [0.2, 0.25) is 0 Å². The van der Waals surface area contributed by atoms with Crippen LogP contribution in [0.25, 0.3) is 0 Å². The first-order valence-electron chi connectivity index (χ1n) is 5.39. The number of hydrogen-bond donors (Lipinski definition) is 0. The Morgan fingerprint density at radius 3 is 2.71 bits per heavy atom. The summed E-state index contributed by atoms with van der Waals surface area (Å²) in [5.41, 5.74) is 0.877. The Hall–Kier alpha value is -1.17. The fourth-order valence-corrected chi connectivity index (χ4v) is 1.60. The minimum atomic E-state index is -0.0192. The lowest BCUT2D eigenvalue weighted by Gasteiger charge is -2.12. The van der Waals surface area contributed by atoms with E-state index in [-0.39, 0.29) is 5.41 Å². The molecule has 0 unspecified atom stereocenters. The van der Waals surface area contributed by atoms with Crippen LogP contribution in [0.5, 0.6) is 0 Å². The highest BCUT2D eigenvalue weighted by atomic mass is 79.9. The summed E-state index contributed by atoms with van der Waals surface area (Å²) in [6.45, 7) is 6.79. The van der Waals surface area contributed by atoms with Gasteiger partial charge in [-0.3, -0.25) is 0 Å². The molecule has 2 aromatic rings. The lowest BCUT2D eigenvalue weighted by Crippen LogP contribution is -2.09. The van der Waals surface area contributed by atoms with Gasteiger partial charge >= 0.3 is 0 Å². The first-order valence-corrected chi connectivity index (χ1v) is 6.51. The number of halogens is 1. The second-order valence-corrected chi connectivity index (χ2v) is 5.47. The molecule has 0 aliphatic heterocycles. The fourth-order valence-electron chi connectivity index (χ4n) is 1.35. The molecule has 0 N–H and O–H groups in total. The highest BCUT2D eigenvalue weighted by Gasteiger charge is 2.19. The minimum Gasteiger partial charge on any atom is -0.443 e. The first kappa shape index (κ1) is 12.3. The van der Waals surface area contributed by atoms with Gasteiger partial charge in [0.15, 0.2) is 0 Å². The van der Waals surface area contributed by atoms with Crippen LogP contribution in [-0.2, 0) is 17.3 Å². The smallest absolute Gasteiger partial charge is 0.216 e. The third-order valence-corrected chi connectivity index (χ3v) is 2.89. The summed E-state index contributed by atoms with van der Waals surface area (Å²) < 4.78 is 7.40. The molecule has 0 atom stereocenters. The van der Waals surface area contributed by atoms with Crippen molar-refractivity contribution in [1.29, 1.82) is 0 Å². The molecule has 2 rings (SSSR count). The Balaban J connectivity index is 2.11. The topological polar surface area (TPSA) is 56.7 Å². The Kier molecular flexibility index (Phi) is 3.33. The van der Waals surface area contributed by atoms with Crippen LogP contribution in [0, 0.1) is 0 Å². The lowest BCUT2D eigenvalue weighted by molar-refractivity contribution is 0.371. The number of nitrogens with zero attached hydrogens (tertiary/aromatic N) is 4. The fraction of sp³-hybridized carbons (Fsp3) is 0.545. The summed E-state index contributed by atoms with van der Waals surface area (Å²) >= 11 is 3.33. The third kappa shape index (κ3) is 2.94. The summed E-state index contributed by atoms with van der Waals surface area (Å²) in [7, 11) is 0. The number of rotatable bonds is 3. The molecule has 17 heavy (non-hydrogen) atoms. The Labute approximate surface area is 108 Å². The first-order chi connectivity index (χ1) is 7.99. The SMILES string of the molecule is CC(C)(C)c1cnc(Cn2cc(CBr)nn2)o1. The van der Waals surface area contributed by atoms with Gasteiger partial charge in [-0.05, 0) is 0 Å².